The Balaban J connectivity index is 1.41. The van der Waals surface area contributed by atoms with Crippen molar-refractivity contribution in [1.29, 1.82) is 0 Å². The van der Waals surface area contributed by atoms with Crippen molar-refractivity contribution in [3.05, 3.63) is 63.1 Å². The first-order valence-corrected chi connectivity index (χ1v) is 11.0. The molecule has 2 heterocycles. The van der Waals surface area contributed by atoms with Gasteiger partial charge in [0.15, 0.2) is 0 Å². The minimum absolute atomic E-state index is 0.0108. The highest BCUT2D eigenvalue weighted by molar-refractivity contribution is 7.18. The van der Waals surface area contributed by atoms with Gasteiger partial charge in [0.1, 0.15) is 5.69 Å². The third-order valence-corrected chi connectivity index (χ3v) is 6.62. The van der Waals surface area contributed by atoms with E-state index in [9.17, 15) is 14.9 Å². The van der Waals surface area contributed by atoms with Gasteiger partial charge in [-0.1, -0.05) is 19.1 Å². The fraction of sp³-hybridized carbons (Fsp3) is 0.364. The van der Waals surface area contributed by atoms with Crippen molar-refractivity contribution in [3.8, 4) is 0 Å². The Bertz CT molecular complexity index is 1040. The molecule has 30 heavy (non-hydrogen) atoms. The van der Waals surface area contributed by atoms with E-state index in [1.807, 2.05) is 29.2 Å². The standard InChI is InChI=1S/C22H24N4O3S/c1-15-9-12-25(13-10-15)18-7-6-16(14-19(18)26(28)29)22(27)23-11-8-21-24-17-4-2-3-5-20(17)30-21/h2-7,14-15H,8-13H2,1H3,(H,23,27). The van der Waals surface area contributed by atoms with E-state index in [2.05, 4.69) is 17.2 Å². The number of nitro groups is 1. The number of hydrogen-bond donors (Lipinski definition) is 1. The van der Waals surface area contributed by atoms with Crippen LogP contribution in [0.15, 0.2) is 42.5 Å². The molecule has 1 amide bonds. The zero-order valence-electron chi connectivity index (χ0n) is 16.8. The van der Waals surface area contributed by atoms with Crippen LogP contribution in [-0.4, -0.2) is 35.4 Å². The number of rotatable bonds is 6. The molecule has 0 radical (unpaired) electrons. The highest BCUT2D eigenvalue weighted by Gasteiger charge is 2.24. The predicted molar refractivity (Wildman–Crippen MR) is 119 cm³/mol. The number of anilines is 1. The van der Waals surface area contributed by atoms with Gasteiger partial charge in [-0.15, -0.1) is 11.3 Å². The molecule has 3 aromatic rings. The van der Waals surface area contributed by atoms with Crippen LogP contribution in [0.25, 0.3) is 10.2 Å². The van der Waals surface area contributed by atoms with E-state index >= 15 is 0 Å². The molecule has 1 N–H and O–H groups in total. The van der Waals surface area contributed by atoms with Gasteiger partial charge in [-0.3, -0.25) is 14.9 Å². The Morgan fingerprint density at radius 2 is 2.03 bits per heavy atom. The summed E-state index contributed by atoms with van der Waals surface area (Å²) in [5, 5.41) is 15.4. The topological polar surface area (TPSA) is 88.4 Å². The molecule has 0 saturated carbocycles. The number of hydrogen-bond acceptors (Lipinski definition) is 6. The first kappa shape index (κ1) is 20.3. The number of nitrogens with zero attached hydrogens (tertiary/aromatic N) is 3. The minimum atomic E-state index is -0.398. The predicted octanol–water partition coefficient (Wildman–Crippen LogP) is 4.41. The van der Waals surface area contributed by atoms with E-state index in [0.29, 0.717) is 30.1 Å². The second-order valence-corrected chi connectivity index (χ2v) is 8.83. The van der Waals surface area contributed by atoms with Crippen molar-refractivity contribution < 1.29 is 9.72 Å². The van der Waals surface area contributed by atoms with Crippen molar-refractivity contribution in [1.82, 2.24) is 10.3 Å². The highest BCUT2D eigenvalue weighted by atomic mass is 32.1. The molecule has 0 atom stereocenters. The van der Waals surface area contributed by atoms with Crippen LogP contribution in [0.4, 0.5) is 11.4 Å². The maximum atomic E-state index is 12.5. The van der Waals surface area contributed by atoms with Crippen molar-refractivity contribution >= 4 is 38.8 Å². The average Bonchev–Trinajstić information content (AvgIpc) is 3.16. The number of fused-ring (bicyclic) bond motifs is 1. The van der Waals surface area contributed by atoms with Crippen molar-refractivity contribution in [2.75, 3.05) is 24.5 Å². The zero-order valence-corrected chi connectivity index (χ0v) is 17.7. The van der Waals surface area contributed by atoms with E-state index in [-0.39, 0.29) is 11.6 Å². The van der Waals surface area contributed by atoms with Crippen LogP contribution in [-0.2, 0) is 6.42 Å². The molecule has 1 saturated heterocycles. The number of benzene rings is 2. The van der Waals surface area contributed by atoms with Gasteiger partial charge < -0.3 is 10.2 Å². The Kier molecular flexibility index (Phi) is 5.94. The van der Waals surface area contributed by atoms with Crippen LogP contribution in [0.2, 0.25) is 0 Å². The summed E-state index contributed by atoms with van der Waals surface area (Å²) in [6.07, 6.45) is 2.66. The Hall–Kier alpha value is -3.00. The van der Waals surface area contributed by atoms with Gasteiger partial charge >= 0.3 is 0 Å². The van der Waals surface area contributed by atoms with Gasteiger partial charge in [0.05, 0.1) is 20.1 Å². The number of carbonyl (C=O) groups is 1. The number of carbonyl (C=O) groups excluding carboxylic acids is 1. The number of aromatic nitrogens is 1. The average molecular weight is 425 g/mol. The molecule has 1 aliphatic heterocycles. The Morgan fingerprint density at radius 3 is 2.77 bits per heavy atom. The summed E-state index contributed by atoms with van der Waals surface area (Å²) in [5.41, 5.74) is 1.85. The lowest BCUT2D eigenvalue weighted by Gasteiger charge is -2.31. The molecule has 0 unspecified atom stereocenters. The SMILES string of the molecule is CC1CCN(c2ccc(C(=O)NCCc3nc4ccccc4s3)cc2[N+](=O)[O-])CC1. The van der Waals surface area contributed by atoms with Crippen LogP contribution in [0, 0.1) is 16.0 Å². The maximum Gasteiger partial charge on any atom is 0.293 e. The first-order valence-electron chi connectivity index (χ1n) is 10.2. The second-order valence-electron chi connectivity index (χ2n) is 7.71. The lowest BCUT2D eigenvalue weighted by atomic mass is 9.98. The number of amides is 1. The maximum absolute atomic E-state index is 12.5. The molecule has 1 fully saturated rings. The number of thiazole rings is 1. The number of nitro benzene ring substituents is 1. The fourth-order valence-electron chi connectivity index (χ4n) is 3.74. The summed E-state index contributed by atoms with van der Waals surface area (Å²) in [7, 11) is 0. The van der Waals surface area contributed by atoms with E-state index in [4.69, 9.17) is 0 Å². The number of para-hydroxylation sites is 1. The van der Waals surface area contributed by atoms with Crippen molar-refractivity contribution in [2.24, 2.45) is 5.92 Å². The third-order valence-electron chi connectivity index (χ3n) is 5.52. The van der Waals surface area contributed by atoms with Crippen LogP contribution in [0.1, 0.15) is 35.1 Å². The summed E-state index contributed by atoms with van der Waals surface area (Å²) in [6.45, 7) is 4.23. The molecule has 0 aliphatic carbocycles. The summed E-state index contributed by atoms with van der Waals surface area (Å²) in [4.78, 5) is 30.4. The summed E-state index contributed by atoms with van der Waals surface area (Å²) in [5.74, 6) is 0.332. The van der Waals surface area contributed by atoms with Gasteiger partial charge in [-0.2, -0.15) is 0 Å². The van der Waals surface area contributed by atoms with Crippen LogP contribution in [0.3, 0.4) is 0 Å². The lowest BCUT2D eigenvalue weighted by Crippen LogP contribution is -2.33. The molecular formula is C22H24N4O3S. The van der Waals surface area contributed by atoms with Gasteiger partial charge in [0, 0.05) is 37.7 Å². The molecule has 156 valence electrons. The van der Waals surface area contributed by atoms with Crippen LogP contribution >= 0.6 is 11.3 Å². The van der Waals surface area contributed by atoms with E-state index < -0.39 is 4.92 Å². The van der Waals surface area contributed by atoms with Crippen molar-refractivity contribution in [2.45, 2.75) is 26.2 Å². The van der Waals surface area contributed by atoms with Gasteiger partial charge in [-0.25, -0.2) is 4.98 Å². The smallest absolute Gasteiger partial charge is 0.293 e. The molecule has 0 bridgehead atoms. The van der Waals surface area contributed by atoms with Gasteiger partial charge in [0.25, 0.3) is 11.6 Å². The molecule has 1 aliphatic rings. The Morgan fingerprint density at radius 1 is 1.27 bits per heavy atom. The van der Waals surface area contributed by atoms with Gasteiger partial charge in [0.2, 0.25) is 0 Å². The fourth-order valence-corrected chi connectivity index (χ4v) is 4.71. The molecule has 1 aromatic heterocycles. The molecule has 4 rings (SSSR count). The number of piperidine rings is 1. The Labute approximate surface area is 178 Å². The first-order chi connectivity index (χ1) is 14.5. The highest BCUT2D eigenvalue weighted by Crippen LogP contribution is 2.32. The summed E-state index contributed by atoms with van der Waals surface area (Å²) >= 11 is 1.61. The monoisotopic (exact) mass is 424 g/mol. The summed E-state index contributed by atoms with van der Waals surface area (Å²) < 4.78 is 1.12. The molecular weight excluding hydrogens is 400 g/mol. The number of nitrogens with one attached hydrogen (secondary N) is 1. The third kappa shape index (κ3) is 4.43. The quantitative estimate of drug-likeness (QED) is 0.468. The molecule has 2 aromatic carbocycles. The normalized spacial score (nSPS) is 14.8. The molecule has 8 heteroatoms. The largest absolute Gasteiger partial charge is 0.366 e. The van der Waals surface area contributed by atoms with Gasteiger partial charge in [-0.05, 0) is 43.0 Å². The summed E-state index contributed by atoms with van der Waals surface area (Å²) in [6, 6.07) is 12.7. The van der Waals surface area contributed by atoms with Crippen molar-refractivity contribution in [3.63, 3.8) is 0 Å². The molecule has 0 spiro atoms. The minimum Gasteiger partial charge on any atom is -0.366 e. The van der Waals surface area contributed by atoms with Crippen LogP contribution < -0.4 is 10.2 Å². The lowest BCUT2D eigenvalue weighted by molar-refractivity contribution is -0.384. The van der Waals surface area contributed by atoms with E-state index in [1.54, 1.807) is 23.5 Å². The molecule has 7 nitrogen and oxygen atoms in total. The zero-order chi connectivity index (χ0) is 21.1. The second kappa shape index (κ2) is 8.79. The van der Waals surface area contributed by atoms with Crippen LogP contribution in [0.5, 0.6) is 0 Å². The van der Waals surface area contributed by atoms with E-state index in [0.717, 1.165) is 41.2 Å². The van der Waals surface area contributed by atoms with E-state index in [1.165, 1.54) is 6.07 Å².